The van der Waals surface area contributed by atoms with Gasteiger partial charge in [0.15, 0.2) is 6.29 Å². The van der Waals surface area contributed by atoms with Crippen molar-refractivity contribution >= 4 is 39.3 Å². The van der Waals surface area contributed by atoms with E-state index in [0.717, 1.165) is 27.4 Å². The minimum absolute atomic E-state index is 0.710. The maximum Gasteiger partial charge on any atom is 0.160 e. The van der Waals surface area contributed by atoms with Crippen LogP contribution >= 0.6 is 23.1 Å². The summed E-state index contributed by atoms with van der Waals surface area (Å²) < 4.78 is 0. The molecule has 0 fully saturated rings. The summed E-state index contributed by atoms with van der Waals surface area (Å²) in [7, 11) is 1.75. The fourth-order valence-corrected chi connectivity index (χ4v) is 3.14. The molecule has 0 aliphatic heterocycles. The van der Waals surface area contributed by atoms with Crippen LogP contribution < -0.4 is 0 Å². The Morgan fingerprint density at radius 2 is 2.05 bits per heavy atom. The third kappa shape index (κ3) is 3.43. The van der Waals surface area contributed by atoms with Crippen LogP contribution in [0.2, 0.25) is 0 Å². The molecule has 96 valence electrons. The monoisotopic (exact) mass is 287 g/mol. The fraction of sp³-hybridized carbons (Fsp3) is 0.0667. The van der Waals surface area contributed by atoms with Crippen molar-refractivity contribution in [2.75, 3.05) is 7.05 Å². The van der Waals surface area contributed by atoms with Crippen LogP contribution in [0.4, 0.5) is 0 Å². The Balaban J connectivity index is 2.16. The molecule has 4 heteroatoms. The summed E-state index contributed by atoms with van der Waals surface area (Å²) in [6.45, 7) is 4.08. The van der Waals surface area contributed by atoms with Crippen molar-refractivity contribution in [3.8, 4) is 0 Å². The maximum atomic E-state index is 10.7. The molecule has 2 rings (SSSR count). The summed E-state index contributed by atoms with van der Waals surface area (Å²) in [5, 5.41) is 2.82. The minimum atomic E-state index is 0.710. The molecular weight excluding hydrogens is 274 g/mol. The van der Waals surface area contributed by atoms with Gasteiger partial charge in [0.1, 0.15) is 5.04 Å². The molecule has 0 aliphatic carbocycles. The number of carbonyl (C=O) groups excluding carboxylic acids is 1. The molecule has 1 heterocycles. The SMILES string of the molecule is C=C(SC(=NC)c1csc(C=O)c1)c1ccccc1. The Kier molecular flexibility index (Phi) is 4.71. The lowest BCUT2D eigenvalue weighted by molar-refractivity contribution is 0.112. The van der Waals surface area contributed by atoms with E-state index in [4.69, 9.17) is 0 Å². The van der Waals surface area contributed by atoms with Gasteiger partial charge in [0.05, 0.1) is 4.88 Å². The van der Waals surface area contributed by atoms with Crippen LogP contribution in [0.15, 0.2) is 53.3 Å². The normalized spacial score (nSPS) is 11.3. The first-order chi connectivity index (χ1) is 9.24. The van der Waals surface area contributed by atoms with E-state index in [-0.39, 0.29) is 0 Å². The van der Waals surface area contributed by atoms with Gasteiger partial charge < -0.3 is 0 Å². The molecule has 2 aromatic rings. The first kappa shape index (κ1) is 13.8. The van der Waals surface area contributed by atoms with Gasteiger partial charge in [-0.3, -0.25) is 9.79 Å². The summed E-state index contributed by atoms with van der Waals surface area (Å²) in [5.41, 5.74) is 2.05. The first-order valence-electron chi connectivity index (χ1n) is 5.67. The van der Waals surface area contributed by atoms with Crippen molar-refractivity contribution in [3.05, 3.63) is 64.4 Å². The quantitative estimate of drug-likeness (QED) is 0.475. The van der Waals surface area contributed by atoms with E-state index in [1.807, 2.05) is 41.8 Å². The Morgan fingerprint density at radius 3 is 2.63 bits per heavy atom. The van der Waals surface area contributed by atoms with Crippen molar-refractivity contribution < 1.29 is 4.79 Å². The molecule has 0 amide bonds. The van der Waals surface area contributed by atoms with Gasteiger partial charge in [-0.25, -0.2) is 0 Å². The smallest absolute Gasteiger partial charge is 0.160 e. The van der Waals surface area contributed by atoms with Gasteiger partial charge >= 0.3 is 0 Å². The highest BCUT2D eigenvalue weighted by atomic mass is 32.2. The average Bonchev–Trinajstić information content (AvgIpc) is 2.94. The van der Waals surface area contributed by atoms with Crippen LogP contribution in [0.5, 0.6) is 0 Å². The number of nitrogens with zero attached hydrogens (tertiary/aromatic N) is 1. The Morgan fingerprint density at radius 1 is 1.32 bits per heavy atom. The molecule has 0 atom stereocenters. The van der Waals surface area contributed by atoms with Crippen molar-refractivity contribution in [2.24, 2.45) is 4.99 Å². The second-order valence-electron chi connectivity index (χ2n) is 3.78. The van der Waals surface area contributed by atoms with E-state index in [2.05, 4.69) is 11.6 Å². The number of aldehydes is 1. The van der Waals surface area contributed by atoms with E-state index in [1.165, 1.54) is 23.1 Å². The predicted octanol–water partition coefficient (Wildman–Crippen LogP) is 4.34. The van der Waals surface area contributed by atoms with Crippen LogP contribution in [-0.4, -0.2) is 18.4 Å². The third-order valence-corrected chi connectivity index (χ3v) is 4.45. The zero-order chi connectivity index (χ0) is 13.7. The summed E-state index contributed by atoms with van der Waals surface area (Å²) in [4.78, 5) is 16.7. The zero-order valence-corrected chi connectivity index (χ0v) is 12.1. The lowest BCUT2D eigenvalue weighted by Gasteiger charge is -2.06. The van der Waals surface area contributed by atoms with E-state index < -0.39 is 0 Å². The van der Waals surface area contributed by atoms with Crippen molar-refractivity contribution in [1.82, 2.24) is 0 Å². The van der Waals surface area contributed by atoms with Crippen LogP contribution in [0.25, 0.3) is 4.91 Å². The molecular formula is C15H13NOS2. The summed E-state index contributed by atoms with van der Waals surface area (Å²) in [6.07, 6.45) is 0.859. The molecule has 0 unspecified atom stereocenters. The molecule has 1 aromatic heterocycles. The number of thiophene rings is 1. The minimum Gasteiger partial charge on any atom is -0.297 e. The van der Waals surface area contributed by atoms with E-state index in [0.29, 0.717) is 4.88 Å². The van der Waals surface area contributed by atoms with Crippen molar-refractivity contribution in [2.45, 2.75) is 0 Å². The van der Waals surface area contributed by atoms with Crippen LogP contribution in [0.1, 0.15) is 20.8 Å². The Hall–Kier alpha value is -1.65. The number of benzene rings is 1. The lowest BCUT2D eigenvalue weighted by Crippen LogP contribution is -1.93. The second kappa shape index (κ2) is 6.50. The number of hydrogen-bond donors (Lipinski definition) is 0. The summed E-state index contributed by atoms with van der Waals surface area (Å²) in [5.74, 6) is 0. The van der Waals surface area contributed by atoms with Gasteiger partial charge in [0.2, 0.25) is 0 Å². The number of thioether (sulfide) groups is 1. The topological polar surface area (TPSA) is 29.4 Å². The highest BCUT2D eigenvalue weighted by Crippen LogP contribution is 2.30. The predicted molar refractivity (Wildman–Crippen MR) is 85.2 cm³/mol. The summed E-state index contributed by atoms with van der Waals surface area (Å²) >= 11 is 2.95. The number of hydrogen-bond acceptors (Lipinski definition) is 4. The van der Waals surface area contributed by atoms with E-state index in [9.17, 15) is 4.79 Å². The zero-order valence-electron chi connectivity index (χ0n) is 10.5. The standard InChI is InChI=1S/C15H13NOS2/c1-11(12-6-4-3-5-7-12)19-15(16-2)13-8-14(9-17)18-10-13/h3-10H,1H2,2H3. The van der Waals surface area contributed by atoms with Crippen molar-refractivity contribution in [3.63, 3.8) is 0 Å². The molecule has 0 aliphatic rings. The summed E-state index contributed by atoms with van der Waals surface area (Å²) in [6, 6.07) is 11.8. The maximum absolute atomic E-state index is 10.7. The second-order valence-corrected chi connectivity index (χ2v) is 5.80. The number of aliphatic imine (C=N–C) groups is 1. The molecule has 0 spiro atoms. The molecule has 19 heavy (non-hydrogen) atoms. The van der Waals surface area contributed by atoms with Crippen LogP contribution in [0, 0.1) is 0 Å². The first-order valence-corrected chi connectivity index (χ1v) is 7.37. The largest absolute Gasteiger partial charge is 0.297 e. The highest BCUT2D eigenvalue weighted by Gasteiger charge is 2.09. The van der Waals surface area contributed by atoms with Gasteiger partial charge in [-0.1, -0.05) is 48.7 Å². The van der Waals surface area contributed by atoms with Crippen LogP contribution in [0.3, 0.4) is 0 Å². The van der Waals surface area contributed by atoms with Crippen molar-refractivity contribution in [1.29, 1.82) is 0 Å². The Bertz CT molecular complexity index is 614. The van der Waals surface area contributed by atoms with Gasteiger partial charge in [0, 0.05) is 22.9 Å². The van der Waals surface area contributed by atoms with Gasteiger partial charge in [0.25, 0.3) is 0 Å². The molecule has 0 saturated heterocycles. The Labute approximate surface area is 120 Å². The van der Waals surface area contributed by atoms with Crippen LogP contribution in [-0.2, 0) is 0 Å². The molecule has 1 aromatic carbocycles. The highest BCUT2D eigenvalue weighted by molar-refractivity contribution is 8.22. The molecule has 0 radical (unpaired) electrons. The number of carbonyl (C=O) groups is 1. The fourth-order valence-electron chi connectivity index (χ4n) is 1.56. The van der Waals surface area contributed by atoms with E-state index >= 15 is 0 Å². The molecule has 0 saturated carbocycles. The van der Waals surface area contributed by atoms with E-state index in [1.54, 1.807) is 7.05 Å². The van der Waals surface area contributed by atoms with Gasteiger partial charge in [-0.2, -0.15) is 0 Å². The average molecular weight is 287 g/mol. The lowest BCUT2D eigenvalue weighted by atomic mass is 10.2. The molecule has 0 N–H and O–H groups in total. The third-order valence-electron chi connectivity index (χ3n) is 2.50. The molecule has 0 bridgehead atoms. The molecule has 2 nitrogen and oxygen atoms in total. The van der Waals surface area contributed by atoms with Gasteiger partial charge in [-0.15, -0.1) is 11.3 Å². The van der Waals surface area contributed by atoms with Gasteiger partial charge in [-0.05, 0) is 11.6 Å². The number of rotatable bonds is 4.